The first kappa shape index (κ1) is 24.4. The summed E-state index contributed by atoms with van der Waals surface area (Å²) < 4.78 is 38.0. The molecule has 8 nitrogen and oxygen atoms in total. The summed E-state index contributed by atoms with van der Waals surface area (Å²) in [5.74, 6) is 3.52. The number of carbonyl (C=O) groups excluding carboxylic acids is 1. The van der Waals surface area contributed by atoms with E-state index in [0.29, 0.717) is 37.2 Å². The Balaban J connectivity index is 1.61. The van der Waals surface area contributed by atoms with Gasteiger partial charge in [0.05, 0.1) is 32.2 Å². The number of hydrogen-bond acceptors (Lipinski definition) is 6. The number of hydrogen-bond donors (Lipinski definition) is 0. The van der Waals surface area contributed by atoms with Crippen LogP contribution >= 0.6 is 0 Å². The summed E-state index contributed by atoms with van der Waals surface area (Å²) in [5.41, 5.74) is 0. The number of methoxy groups -OCH3 is 2. The number of terminal acetylenes is 1. The molecule has 1 aliphatic carbocycles. The van der Waals surface area contributed by atoms with Gasteiger partial charge in [0.15, 0.2) is 11.5 Å². The first-order valence-electron chi connectivity index (χ1n) is 11.1. The minimum Gasteiger partial charge on any atom is -0.493 e. The second-order valence-corrected chi connectivity index (χ2v) is 10.1. The Labute approximate surface area is 191 Å². The van der Waals surface area contributed by atoms with E-state index >= 15 is 0 Å². The van der Waals surface area contributed by atoms with Gasteiger partial charge in [0.1, 0.15) is 0 Å². The summed E-state index contributed by atoms with van der Waals surface area (Å²) in [5, 5.41) is 0. The lowest BCUT2D eigenvalue weighted by atomic mass is 9.94. The third kappa shape index (κ3) is 5.55. The second kappa shape index (κ2) is 11.0. The summed E-state index contributed by atoms with van der Waals surface area (Å²) in [6, 6.07) is 4.91. The zero-order chi connectivity index (χ0) is 23.1. The summed E-state index contributed by atoms with van der Waals surface area (Å²) in [6.45, 7) is 1.98. The summed E-state index contributed by atoms with van der Waals surface area (Å²) in [4.78, 5) is 16.9. The standard InChI is InChI=1S/C23H33N3O5S/c1-4-12-25(19-8-6-5-7-9-19)18-23(27)24-13-15-26(16-14-24)32(28,29)20-10-11-21(30-2)22(17-20)31-3/h1,10-11,17,19H,5-9,12-16,18H2,2-3H3. The topological polar surface area (TPSA) is 79.4 Å². The largest absolute Gasteiger partial charge is 0.493 e. The molecule has 2 fully saturated rings. The van der Waals surface area contributed by atoms with E-state index in [1.165, 1.54) is 49.9 Å². The molecule has 0 atom stereocenters. The van der Waals surface area contributed by atoms with Crippen LogP contribution < -0.4 is 9.47 Å². The van der Waals surface area contributed by atoms with E-state index in [4.69, 9.17) is 15.9 Å². The molecule has 0 spiro atoms. The minimum absolute atomic E-state index is 0.00832. The quantitative estimate of drug-likeness (QED) is 0.547. The molecule has 1 aliphatic heterocycles. The van der Waals surface area contributed by atoms with Crippen molar-refractivity contribution in [1.29, 1.82) is 0 Å². The van der Waals surface area contributed by atoms with E-state index in [9.17, 15) is 13.2 Å². The van der Waals surface area contributed by atoms with Crippen LogP contribution in [0.3, 0.4) is 0 Å². The van der Waals surface area contributed by atoms with Crippen molar-refractivity contribution in [1.82, 2.24) is 14.1 Å². The Morgan fingerprint density at radius 2 is 1.75 bits per heavy atom. The minimum atomic E-state index is -3.69. The number of benzene rings is 1. The van der Waals surface area contributed by atoms with E-state index < -0.39 is 10.0 Å². The maximum Gasteiger partial charge on any atom is 0.243 e. The predicted octanol–water partition coefficient (Wildman–Crippen LogP) is 1.80. The molecule has 0 unspecified atom stereocenters. The van der Waals surface area contributed by atoms with Gasteiger partial charge in [-0.2, -0.15) is 4.31 Å². The number of rotatable bonds is 8. The lowest BCUT2D eigenvalue weighted by molar-refractivity contribution is -0.134. The molecular weight excluding hydrogens is 430 g/mol. The fourth-order valence-corrected chi connectivity index (χ4v) is 5.89. The molecule has 0 N–H and O–H groups in total. The van der Waals surface area contributed by atoms with Crippen molar-refractivity contribution in [3.8, 4) is 23.8 Å². The van der Waals surface area contributed by atoms with E-state index in [1.54, 1.807) is 11.0 Å². The zero-order valence-electron chi connectivity index (χ0n) is 19.0. The first-order chi connectivity index (χ1) is 15.4. The van der Waals surface area contributed by atoms with Gasteiger partial charge < -0.3 is 14.4 Å². The van der Waals surface area contributed by atoms with Gasteiger partial charge in [-0.25, -0.2) is 8.42 Å². The van der Waals surface area contributed by atoms with Crippen LogP contribution in [0.15, 0.2) is 23.1 Å². The average molecular weight is 464 g/mol. The van der Waals surface area contributed by atoms with Crippen molar-refractivity contribution in [2.75, 3.05) is 53.5 Å². The van der Waals surface area contributed by atoms with Crippen LogP contribution in [0, 0.1) is 12.3 Å². The molecule has 1 heterocycles. The lowest BCUT2D eigenvalue weighted by Crippen LogP contribution is -2.53. The monoisotopic (exact) mass is 463 g/mol. The third-order valence-electron chi connectivity index (χ3n) is 6.31. The van der Waals surface area contributed by atoms with E-state index in [0.717, 1.165) is 12.8 Å². The highest BCUT2D eigenvalue weighted by Crippen LogP contribution is 2.31. The molecule has 3 rings (SSSR count). The molecule has 2 aliphatic rings. The molecule has 0 aromatic heterocycles. The van der Waals surface area contributed by atoms with Crippen molar-refractivity contribution in [2.24, 2.45) is 0 Å². The number of ether oxygens (including phenoxy) is 2. The number of sulfonamides is 1. The van der Waals surface area contributed by atoms with Crippen molar-refractivity contribution in [2.45, 2.75) is 43.0 Å². The molecule has 1 saturated carbocycles. The number of nitrogens with zero attached hydrogens (tertiary/aromatic N) is 3. The zero-order valence-corrected chi connectivity index (χ0v) is 19.8. The highest BCUT2D eigenvalue weighted by molar-refractivity contribution is 7.89. The van der Waals surface area contributed by atoms with Gasteiger partial charge in [0.2, 0.25) is 15.9 Å². The van der Waals surface area contributed by atoms with E-state index in [-0.39, 0.29) is 30.4 Å². The molecule has 1 amide bonds. The van der Waals surface area contributed by atoms with Crippen LogP contribution in [-0.4, -0.2) is 88.0 Å². The maximum absolute atomic E-state index is 13.1. The number of piperazine rings is 1. The van der Waals surface area contributed by atoms with Crippen molar-refractivity contribution in [3.63, 3.8) is 0 Å². The summed E-state index contributed by atoms with van der Waals surface area (Å²) in [6.07, 6.45) is 11.3. The molecular formula is C23H33N3O5S. The molecule has 0 bridgehead atoms. The third-order valence-corrected chi connectivity index (χ3v) is 8.20. The molecule has 32 heavy (non-hydrogen) atoms. The fourth-order valence-electron chi connectivity index (χ4n) is 4.46. The maximum atomic E-state index is 13.1. The summed E-state index contributed by atoms with van der Waals surface area (Å²) in [7, 11) is -0.726. The van der Waals surface area contributed by atoms with Crippen molar-refractivity contribution >= 4 is 15.9 Å². The Kier molecular flexibility index (Phi) is 8.40. The van der Waals surface area contributed by atoms with Crippen molar-refractivity contribution in [3.05, 3.63) is 18.2 Å². The molecule has 0 radical (unpaired) electrons. The molecule has 1 aromatic rings. The van der Waals surface area contributed by atoms with Gasteiger partial charge in [-0.05, 0) is 25.0 Å². The van der Waals surface area contributed by atoms with Crippen molar-refractivity contribution < 1.29 is 22.7 Å². The van der Waals surface area contributed by atoms with Crippen LogP contribution in [0.4, 0.5) is 0 Å². The number of amides is 1. The Morgan fingerprint density at radius 3 is 2.34 bits per heavy atom. The Morgan fingerprint density at radius 1 is 1.09 bits per heavy atom. The molecule has 1 saturated heterocycles. The smallest absolute Gasteiger partial charge is 0.243 e. The van der Waals surface area contributed by atoms with Gasteiger partial charge in [0.25, 0.3) is 0 Å². The van der Waals surface area contributed by atoms with E-state index in [2.05, 4.69) is 10.8 Å². The summed E-state index contributed by atoms with van der Waals surface area (Å²) >= 11 is 0. The Bertz CT molecular complexity index is 929. The fraction of sp³-hybridized carbons (Fsp3) is 0.609. The van der Waals surface area contributed by atoms with Gasteiger partial charge >= 0.3 is 0 Å². The number of carbonyl (C=O) groups is 1. The Hall–Kier alpha value is -2.28. The second-order valence-electron chi connectivity index (χ2n) is 8.20. The van der Waals surface area contributed by atoms with Crippen LogP contribution in [0.2, 0.25) is 0 Å². The predicted molar refractivity (Wildman–Crippen MR) is 122 cm³/mol. The van der Waals surface area contributed by atoms with Gasteiger partial charge in [-0.3, -0.25) is 9.69 Å². The van der Waals surface area contributed by atoms with Crippen LogP contribution in [0.5, 0.6) is 11.5 Å². The van der Waals surface area contributed by atoms with Gasteiger partial charge in [-0.15, -0.1) is 6.42 Å². The highest BCUT2D eigenvalue weighted by atomic mass is 32.2. The molecule has 1 aromatic carbocycles. The first-order valence-corrected chi connectivity index (χ1v) is 12.5. The van der Waals surface area contributed by atoms with Crippen LogP contribution in [0.1, 0.15) is 32.1 Å². The SMILES string of the molecule is C#CCN(CC(=O)N1CCN(S(=O)(=O)c2ccc(OC)c(OC)c2)CC1)C1CCCCC1. The highest BCUT2D eigenvalue weighted by Gasteiger charge is 2.32. The molecule has 176 valence electrons. The van der Waals surface area contributed by atoms with Crippen LogP contribution in [0.25, 0.3) is 0 Å². The van der Waals surface area contributed by atoms with Gasteiger partial charge in [-0.1, -0.05) is 25.2 Å². The van der Waals surface area contributed by atoms with Gasteiger partial charge in [0, 0.05) is 38.3 Å². The van der Waals surface area contributed by atoms with Crippen LogP contribution in [-0.2, 0) is 14.8 Å². The van der Waals surface area contributed by atoms with E-state index in [1.807, 2.05) is 0 Å². The normalized spacial score (nSPS) is 18.4. The lowest BCUT2D eigenvalue weighted by Gasteiger charge is -2.37. The average Bonchev–Trinajstić information content (AvgIpc) is 2.83. The molecule has 9 heteroatoms.